The zero-order valence-corrected chi connectivity index (χ0v) is 12.8. The molecule has 0 aromatic heterocycles. The van der Waals surface area contributed by atoms with Crippen LogP contribution in [0.1, 0.15) is 20.8 Å². The first kappa shape index (κ1) is 17.6. The Balaban J connectivity index is 5.23. The summed E-state index contributed by atoms with van der Waals surface area (Å²) in [6.45, 7) is 3.18. The molecule has 0 heterocycles. The van der Waals surface area contributed by atoms with Crippen LogP contribution < -0.4 is 0 Å². The maximum absolute atomic E-state index is 11.2. The summed E-state index contributed by atoms with van der Waals surface area (Å²) in [5.41, 5.74) is -1.77. The molecule has 0 bridgehead atoms. The lowest BCUT2D eigenvalue weighted by molar-refractivity contribution is -0.130. The van der Waals surface area contributed by atoms with E-state index in [1.165, 1.54) is 4.90 Å². The highest BCUT2D eigenvalue weighted by molar-refractivity contribution is 8.07. The molecule has 0 aliphatic rings. The summed E-state index contributed by atoms with van der Waals surface area (Å²) in [5, 5.41) is 9.19. The molecular weight excluding hydrogens is 275 g/mol. The molecule has 1 unspecified atom stereocenters. The summed E-state index contributed by atoms with van der Waals surface area (Å²) in [5.74, 6) is 0. The fourth-order valence-corrected chi connectivity index (χ4v) is 3.47. The molecule has 0 radical (unpaired) electrons. The molecule has 1 atom stereocenters. The molecular formula is C10H19N2O4PS. The molecule has 6 nitrogen and oxygen atoms in total. The van der Waals surface area contributed by atoms with Gasteiger partial charge in [0.2, 0.25) is 0 Å². The van der Waals surface area contributed by atoms with Gasteiger partial charge in [0.15, 0.2) is 6.29 Å². The zero-order chi connectivity index (χ0) is 14.2. The zero-order valence-electron chi connectivity index (χ0n) is 11.1. The maximum Gasteiger partial charge on any atom is 0.330 e. The van der Waals surface area contributed by atoms with Crippen molar-refractivity contribution in [1.82, 2.24) is 4.90 Å². The molecule has 0 aliphatic heterocycles. The Bertz CT molecular complexity index is 350. The predicted molar refractivity (Wildman–Crippen MR) is 71.3 cm³/mol. The molecule has 0 amide bonds. The number of rotatable bonds is 9. The van der Waals surface area contributed by atoms with Gasteiger partial charge in [0.05, 0.1) is 13.2 Å². The van der Waals surface area contributed by atoms with Gasteiger partial charge < -0.3 is 9.05 Å². The molecule has 0 rings (SSSR count). The van der Waals surface area contributed by atoms with Crippen molar-refractivity contribution in [2.75, 3.05) is 26.8 Å². The van der Waals surface area contributed by atoms with Crippen LogP contribution in [0, 0.1) is 11.3 Å². The summed E-state index contributed by atoms with van der Waals surface area (Å²) in [6.07, 6.45) is 0.412. The molecule has 0 aliphatic carbocycles. The molecule has 0 saturated heterocycles. The van der Waals surface area contributed by atoms with Crippen molar-refractivity contribution in [2.24, 2.45) is 0 Å². The topological polar surface area (TPSA) is 71.8 Å². The number of hydrogen-bond donors (Lipinski definition) is 0. The monoisotopic (exact) mass is 294 g/mol. The van der Waals surface area contributed by atoms with E-state index in [0.29, 0.717) is 12.8 Å². The van der Waals surface area contributed by atoms with Gasteiger partial charge in [0.1, 0.15) is 6.07 Å². The van der Waals surface area contributed by atoms with Crippen molar-refractivity contribution in [3.05, 3.63) is 0 Å². The van der Waals surface area contributed by atoms with Crippen LogP contribution in [-0.2, 0) is 30.2 Å². The smallest absolute Gasteiger partial charge is 0.309 e. The number of carbonyl (C=O) groups excluding carboxylic acids is 1. The minimum absolute atomic E-state index is 0.285. The van der Waals surface area contributed by atoms with E-state index in [0.717, 1.165) is 0 Å². The number of nitriles is 1. The Morgan fingerprint density at radius 2 is 1.89 bits per heavy atom. The average molecular weight is 294 g/mol. The lowest BCUT2D eigenvalue weighted by Gasteiger charge is -2.33. The minimum atomic E-state index is -3.10. The normalized spacial score (nSPS) is 15.1. The highest BCUT2D eigenvalue weighted by Gasteiger charge is 2.42. The number of hydrogen-bond acceptors (Lipinski definition) is 7. The molecule has 8 heteroatoms. The van der Waals surface area contributed by atoms with Crippen LogP contribution >= 0.6 is 6.72 Å². The Morgan fingerprint density at radius 1 is 1.39 bits per heavy atom. The van der Waals surface area contributed by atoms with E-state index in [9.17, 15) is 10.1 Å². The third-order valence-corrected chi connectivity index (χ3v) is 4.69. The lowest BCUT2D eigenvalue weighted by atomic mass is 10.2. The van der Waals surface area contributed by atoms with Crippen molar-refractivity contribution < 1.29 is 18.4 Å². The van der Waals surface area contributed by atoms with E-state index in [1.807, 2.05) is 6.07 Å². The highest BCUT2D eigenvalue weighted by Crippen LogP contribution is 2.52. The van der Waals surface area contributed by atoms with Gasteiger partial charge in [0, 0.05) is 0 Å². The van der Waals surface area contributed by atoms with E-state index in [-0.39, 0.29) is 13.2 Å². The second kappa shape index (κ2) is 7.95. The first-order chi connectivity index (χ1) is 8.43. The van der Waals surface area contributed by atoms with Crippen LogP contribution in [0.5, 0.6) is 0 Å². The van der Waals surface area contributed by atoms with Crippen LogP contribution in [0.4, 0.5) is 0 Å². The van der Waals surface area contributed by atoms with Gasteiger partial charge in [-0.15, -0.1) is 0 Å². The maximum atomic E-state index is 11.2. The fourth-order valence-electron chi connectivity index (χ4n) is 1.12. The van der Waals surface area contributed by atoms with Crippen LogP contribution in [-0.4, -0.2) is 43.7 Å². The first-order valence-corrected chi connectivity index (χ1v) is 8.17. The molecule has 18 heavy (non-hydrogen) atoms. The van der Waals surface area contributed by atoms with Gasteiger partial charge in [-0.2, -0.15) is 5.26 Å². The van der Waals surface area contributed by atoms with Crippen LogP contribution in [0.25, 0.3) is 0 Å². The van der Waals surface area contributed by atoms with Crippen molar-refractivity contribution in [3.8, 4) is 6.07 Å². The molecule has 0 aromatic carbocycles. The van der Waals surface area contributed by atoms with Gasteiger partial charge in [-0.3, -0.25) is 14.2 Å². The molecule has 0 aromatic rings. The predicted octanol–water partition coefficient (Wildman–Crippen LogP) is 1.67. The third-order valence-electron chi connectivity index (χ3n) is 2.19. The van der Waals surface area contributed by atoms with Gasteiger partial charge in [-0.05, 0) is 39.2 Å². The number of carbonyl (C=O) groups is 1. The average Bonchev–Trinajstić information content (AvgIpc) is 2.35. The van der Waals surface area contributed by atoms with Gasteiger partial charge in [0.25, 0.3) is 5.72 Å². The van der Waals surface area contributed by atoms with Gasteiger partial charge in [-0.1, -0.05) is 6.92 Å². The van der Waals surface area contributed by atoms with Crippen LogP contribution in [0.2, 0.25) is 0 Å². The van der Waals surface area contributed by atoms with Gasteiger partial charge in [-0.25, -0.2) is 0 Å². The summed E-state index contributed by atoms with van der Waals surface area (Å²) in [6, 6.07) is 1.83. The van der Waals surface area contributed by atoms with Crippen LogP contribution in [0.15, 0.2) is 0 Å². The fraction of sp³-hybridized carbons (Fsp3) is 0.800. The minimum Gasteiger partial charge on any atom is -0.309 e. The molecule has 0 fully saturated rings. The lowest BCUT2D eigenvalue weighted by Crippen LogP contribution is -2.48. The van der Waals surface area contributed by atoms with E-state index < -0.39 is 12.4 Å². The van der Waals surface area contributed by atoms with Crippen molar-refractivity contribution in [2.45, 2.75) is 26.5 Å². The van der Waals surface area contributed by atoms with E-state index in [1.54, 1.807) is 27.8 Å². The number of likely N-dealkylation sites (N-methyl/N-ethyl adjacent to an activating group) is 1. The van der Waals surface area contributed by atoms with Crippen LogP contribution in [0.3, 0.4) is 0 Å². The van der Waals surface area contributed by atoms with Crippen molar-refractivity contribution >= 4 is 24.8 Å². The Morgan fingerprint density at radius 3 is 2.17 bits per heavy atom. The van der Waals surface area contributed by atoms with E-state index in [2.05, 4.69) is 0 Å². The summed E-state index contributed by atoms with van der Waals surface area (Å²) < 4.78 is 16.0. The number of aldehydes is 1. The molecule has 104 valence electrons. The molecule has 0 spiro atoms. The third kappa shape index (κ3) is 4.39. The highest BCUT2D eigenvalue weighted by atomic mass is 32.5. The Hall–Kier alpha value is -0.350. The Labute approximate surface area is 113 Å². The standard InChI is InChI=1S/C10H19N2O4PS/c1-5-12(4)10(8-11,9-13)16-17(18,14-6-2)15-7-3/h9H,5-7H2,1-4H3. The molecule has 0 N–H and O–H groups in total. The summed E-state index contributed by atoms with van der Waals surface area (Å²) >= 11 is 5.16. The number of nitrogens with zero attached hydrogens (tertiary/aromatic N) is 2. The summed E-state index contributed by atoms with van der Waals surface area (Å²) in [4.78, 5) is 12.7. The summed E-state index contributed by atoms with van der Waals surface area (Å²) in [7, 11) is 1.59. The van der Waals surface area contributed by atoms with Gasteiger partial charge >= 0.3 is 6.72 Å². The Kier molecular flexibility index (Phi) is 7.79. The van der Waals surface area contributed by atoms with Crippen molar-refractivity contribution in [3.63, 3.8) is 0 Å². The van der Waals surface area contributed by atoms with E-state index >= 15 is 0 Å². The second-order valence-corrected chi connectivity index (χ2v) is 6.25. The quantitative estimate of drug-likeness (QED) is 0.364. The molecule has 0 saturated carbocycles. The largest absolute Gasteiger partial charge is 0.330 e. The SMILES string of the molecule is CCOP(=S)(OCC)OC(C#N)(C=O)N(C)CC. The van der Waals surface area contributed by atoms with Crippen molar-refractivity contribution in [1.29, 1.82) is 5.26 Å². The van der Waals surface area contributed by atoms with E-state index in [4.69, 9.17) is 25.4 Å². The second-order valence-electron chi connectivity index (χ2n) is 3.31. The first-order valence-electron chi connectivity index (χ1n) is 5.62.